The van der Waals surface area contributed by atoms with E-state index in [1.54, 1.807) is 0 Å². The van der Waals surface area contributed by atoms with Crippen molar-refractivity contribution >= 4 is 43.9 Å². The fraction of sp³-hybridized carbons (Fsp3) is 0.900. The van der Waals surface area contributed by atoms with Gasteiger partial charge < -0.3 is 0 Å². The summed E-state index contributed by atoms with van der Waals surface area (Å²) in [7, 11) is 0. The molecular weight excluding hydrogens is 727 g/mol. The number of hydrogen-bond donors (Lipinski definition) is 0. The fourth-order valence-electron chi connectivity index (χ4n) is 6.14. The van der Waals surface area contributed by atoms with E-state index in [0.29, 0.717) is 12.8 Å². The smallest absolute Gasteiger partial charge is 0.0654 e. The van der Waals surface area contributed by atoms with Crippen molar-refractivity contribution in [3.05, 3.63) is 0 Å². The van der Waals surface area contributed by atoms with E-state index in [2.05, 4.69) is 13.8 Å². The first-order valence-corrected chi connectivity index (χ1v) is 25.2. The van der Waals surface area contributed by atoms with Crippen LogP contribution in [0.1, 0.15) is 233 Å². The minimum absolute atomic E-state index is 0.0794. The van der Waals surface area contributed by atoms with Crippen LogP contribution in [0.2, 0.25) is 0 Å². The Kier molecular flexibility index (Phi) is 34.2. The van der Waals surface area contributed by atoms with Gasteiger partial charge in [-0.25, -0.2) is 0 Å². The third-order valence-electron chi connectivity index (χ3n) is 8.98. The number of hydrogen-bond acceptors (Lipinski definition) is 8. The molecule has 0 radical (unpaired) electrons. The zero-order valence-electron chi connectivity index (χ0n) is 32.4. The Morgan fingerprint density at radius 1 is 0.327 bits per heavy atom. The van der Waals surface area contributed by atoms with Gasteiger partial charge in [-0.15, -0.1) is 0 Å². The van der Waals surface area contributed by atoms with E-state index in [0.717, 1.165) is 52.4 Å². The van der Waals surface area contributed by atoms with Crippen LogP contribution in [0, 0.1) is 0 Å². The zero-order chi connectivity index (χ0) is 36.3. The van der Waals surface area contributed by atoms with Gasteiger partial charge in [0, 0.05) is 0 Å². The summed E-state index contributed by atoms with van der Waals surface area (Å²) in [4.78, 5) is 49.2. The Balaban J connectivity index is 4.21. The van der Waals surface area contributed by atoms with E-state index in [9.17, 15) is 19.2 Å². The molecule has 9 heteroatoms. The summed E-state index contributed by atoms with van der Waals surface area (Å²) >= 11 is -5.60. The van der Waals surface area contributed by atoms with Crippen molar-refractivity contribution in [2.24, 2.45) is 0 Å². The first-order chi connectivity index (χ1) is 23.7. The van der Waals surface area contributed by atoms with Crippen LogP contribution >= 0.6 is 0 Å². The minimum atomic E-state index is -5.60. The van der Waals surface area contributed by atoms with Crippen molar-refractivity contribution in [1.29, 1.82) is 0 Å². The molecule has 0 aromatic carbocycles. The van der Waals surface area contributed by atoms with Crippen LogP contribution in [0.5, 0.6) is 0 Å². The molecule has 0 aliphatic rings. The van der Waals surface area contributed by atoms with Gasteiger partial charge >= 0.3 is 218 Å². The molecule has 0 bridgehead atoms. The Bertz CT molecular complexity index is 752. The van der Waals surface area contributed by atoms with Gasteiger partial charge in [-0.2, -0.15) is 0 Å². The summed E-state index contributed by atoms with van der Waals surface area (Å²) in [5.41, 5.74) is 0. The topological polar surface area (TPSA) is 105 Å². The predicted octanol–water partition coefficient (Wildman–Crippen LogP) is 12.2. The standard InChI is InChI=1S/2C18H36O2.2C2H4O2.Sn/c2*1-2-3-4-5-6-7-8-9-10-11-12-13-14-15-16-17-18(19)20;2*1-2(3)4;/h2*2-17H2,1H3,(H,19,20);2*1H3,(H,3,4);/q;;;;+4/p-4. The normalized spacial score (nSPS) is 11.3. The van der Waals surface area contributed by atoms with Crippen LogP contribution in [0.3, 0.4) is 0 Å². The molecule has 49 heavy (non-hydrogen) atoms. The molecule has 0 saturated carbocycles. The average molecular weight is 804 g/mol. The Hall–Kier alpha value is -1.32. The van der Waals surface area contributed by atoms with E-state index in [-0.39, 0.29) is 12.8 Å². The molecule has 0 aromatic rings. The van der Waals surface area contributed by atoms with Crippen LogP contribution in [0.15, 0.2) is 0 Å². The molecule has 0 saturated heterocycles. The van der Waals surface area contributed by atoms with Crippen molar-refractivity contribution in [3.63, 3.8) is 0 Å². The van der Waals surface area contributed by atoms with Crippen LogP contribution in [0.4, 0.5) is 0 Å². The Morgan fingerprint density at radius 3 is 0.735 bits per heavy atom. The Morgan fingerprint density at radius 2 is 0.531 bits per heavy atom. The van der Waals surface area contributed by atoms with Gasteiger partial charge in [0.25, 0.3) is 0 Å². The van der Waals surface area contributed by atoms with Gasteiger partial charge in [-0.05, 0) is 0 Å². The summed E-state index contributed by atoms with van der Waals surface area (Å²) in [5, 5.41) is 0. The molecule has 0 N–H and O–H groups in total. The second kappa shape index (κ2) is 35.1. The Labute approximate surface area is 307 Å². The van der Waals surface area contributed by atoms with Crippen LogP contribution < -0.4 is 0 Å². The quantitative estimate of drug-likeness (QED) is 0.0455. The van der Waals surface area contributed by atoms with Crippen LogP contribution in [-0.2, 0) is 31.5 Å². The first-order valence-electron chi connectivity index (χ1n) is 20.6. The molecule has 0 aromatic heterocycles. The summed E-state index contributed by atoms with van der Waals surface area (Å²) in [6, 6.07) is 0. The van der Waals surface area contributed by atoms with Crippen molar-refractivity contribution < 1.29 is 31.5 Å². The molecule has 288 valence electrons. The average Bonchev–Trinajstić information content (AvgIpc) is 3.03. The maximum absolute atomic E-state index is 12.7. The van der Waals surface area contributed by atoms with Crippen molar-refractivity contribution in [2.75, 3.05) is 0 Å². The fourth-order valence-corrected chi connectivity index (χ4v) is 11.0. The van der Waals surface area contributed by atoms with Crippen LogP contribution in [0.25, 0.3) is 0 Å². The predicted molar refractivity (Wildman–Crippen MR) is 201 cm³/mol. The van der Waals surface area contributed by atoms with Crippen LogP contribution in [-0.4, -0.2) is 43.9 Å². The van der Waals surface area contributed by atoms with E-state index < -0.39 is 43.9 Å². The first kappa shape index (κ1) is 47.7. The number of unbranched alkanes of at least 4 members (excludes halogenated alkanes) is 28. The molecule has 8 nitrogen and oxygen atoms in total. The van der Waals surface area contributed by atoms with E-state index >= 15 is 0 Å². The van der Waals surface area contributed by atoms with Gasteiger partial charge in [0.15, 0.2) is 0 Å². The van der Waals surface area contributed by atoms with Crippen molar-refractivity contribution in [3.8, 4) is 0 Å². The van der Waals surface area contributed by atoms with Gasteiger partial charge in [0.05, 0.1) is 0 Å². The van der Waals surface area contributed by atoms with E-state index in [1.165, 1.54) is 141 Å². The summed E-state index contributed by atoms with van der Waals surface area (Å²) in [6.45, 7) is 6.73. The van der Waals surface area contributed by atoms with E-state index in [4.69, 9.17) is 12.3 Å². The van der Waals surface area contributed by atoms with Crippen molar-refractivity contribution in [1.82, 2.24) is 0 Å². The summed E-state index contributed by atoms with van der Waals surface area (Å²) in [5.74, 6) is -2.99. The van der Waals surface area contributed by atoms with E-state index in [1.807, 2.05) is 0 Å². The minimum Gasteiger partial charge on any atom is -0.0654 e. The van der Waals surface area contributed by atoms with Gasteiger partial charge in [-0.1, -0.05) is 90.9 Å². The van der Waals surface area contributed by atoms with Gasteiger partial charge in [0.2, 0.25) is 0 Å². The van der Waals surface area contributed by atoms with Gasteiger partial charge in [0.1, 0.15) is 0 Å². The molecule has 0 rings (SSSR count). The molecule has 0 fully saturated rings. The molecule has 0 atom stereocenters. The molecule has 0 amide bonds. The maximum atomic E-state index is 12.7. The molecule has 0 aliphatic heterocycles. The summed E-state index contributed by atoms with van der Waals surface area (Å²) < 4.78 is 21.2. The van der Waals surface area contributed by atoms with Crippen molar-refractivity contribution in [2.45, 2.75) is 233 Å². The second-order valence-electron chi connectivity index (χ2n) is 14.0. The second-order valence-corrected chi connectivity index (χ2v) is 19.2. The SMILES string of the molecule is CCCCCCCCCCCCCCCCCC(=O)[O][Sn]([O]C(C)=O)([O]C(C)=O)[O]C(=O)CCCCCCCCCCCCCCCCC. The molecular formula is C40H76O8Sn. The third kappa shape index (κ3) is 33.6. The third-order valence-corrected chi connectivity index (χ3v) is 14.8. The number of carbonyl (C=O) groups excluding carboxylic acids is 4. The zero-order valence-corrected chi connectivity index (χ0v) is 35.2. The molecule has 0 unspecified atom stereocenters. The monoisotopic (exact) mass is 804 g/mol. The van der Waals surface area contributed by atoms with Gasteiger partial charge in [-0.3, -0.25) is 0 Å². The number of carbonyl (C=O) groups is 4. The molecule has 0 aliphatic carbocycles. The summed E-state index contributed by atoms with van der Waals surface area (Å²) in [6.07, 6.45) is 36.6. The number of rotatable bonds is 36. The molecule has 0 spiro atoms. The molecule has 0 heterocycles.